The number of aromatic carboxylic acids is 1. The van der Waals surface area contributed by atoms with Crippen LogP contribution < -0.4 is 11.3 Å². The quantitative estimate of drug-likeness (QED) is 0.548. The second kappa shape index (κ2) is 3.76. The third-order valence-corrected chi connectivity index (χ3v) is 2.57. The molecule has 0 radical (unpaired) electrons. The summed E-state index contributed by atoms with van der Waals surface area (Å²) in [4.78, 5) is 10.8. The molecule has 0 aliphatic carbocycles. The Labute approximate surface area is 83.8 Å². The lowest BCUT2D eigenvalue weighted by atomic mass is 10.1. The van der Waals surface area contributed by atoms with Crippen LogP contribution in [0.4, 0.5) is 5.69 Å². The van der Waals surface area contributed by atoms with Crippen molar-refractivity contribution in [3.05, 3.63) is 27.7 Å². The van der Waals surface area contributed by atoms with Crippen LogP contribution in [0.25, 0.3) is 0 Å². The number of hydrogen-bond acceptors (Lipinski definition) is 3. The number of carboxylic acids is 1. The molecule has 0 amide bonds. The van der Waals surface area contributed by atoms with Crippen molar-refractivity contribution in [3.8, 4) is 0 Å². The lowest BCUT2D eigenvalue weighted by Crippen LogP contribution is -2.09. The van der Waals surface area contributed by atoms with E-state index in [9.17, 15) is 4.79 Å². The molecular formula is C8H9BrN2O2. The highest BCUT2D eigenvalue weighted by Gasteiger charge is 2.10. The molecule has 1 rings (SSSR count). The van der Waals surface area contributed by atoms with E-state index in [-0.39, 0.29) is 5.56 Å². The van der Waals surface area contributed by atoms with Crippen molar-refractivity contribution < 1.29 is 9.90 Å². The summed E-state index contributed by atoms with van der Waals surface area (Å²) in [5.74, 6) is 4.21. The van der Waals surface area contributed by atoms with Gasteiger partial charge in [-0.2, -0.15) is 0 Å². The van der Waals surface area contributed by atoms with E-state index >= 15 is 0 Å². The molecule has 0 spiro atoms. The predicted molar refractivity (Wildman–Crippen MR) is 53.6 cm³/mol. The summed E-state index contributed by atoms with van der Waals surface area (Å²) in [5.41, 5.74) is 3.89. The maximum absolute atomic E-state index is 10.8. The second-order valence-electron chi connectivity index (χ2n) is 2.58. The van der Waals surface area contributed by atoms with Crippen LogP contribution >= 0.6 is 15.9 Å². The molecule has 0 saturated carbocycles. The maximum atomic E-state index is 10.8. The number of carboxylic acid groups (broad SMARTS) is 1. The van der Waals surface area contributed by atoms with E-state index in [0.717, 1.165) is 4.47 Å². The number of carbonyl (C=O) groups is 1. The monoisotopic (exact) mass is 244 g/mol. The molecule has 0 aromatic heterocycles. The fraction of sp³-hybridized carbons (Fsp3) is 0.125. The van der Waals surface area contributed by atoms with Crippen molar-refractivity contribution in [3.63, 3.8) is 0 Å². The summed E-state index contributed by atoms with van der Waals surface area (Å²) < 4.78 is 0.723. The number of nitrogens with one attached hydrogen (secondary N) is 1. The van der Waals surface area contributed by atoms with Gasteiger partial charge in [0.15, 0.2) is 0 Å². The van der Waals surface area contributed by atoms with Crippen LogP contribution in [0.3, 0.4) is 0 Å². The Morgan fingerprint density at radius 3 is 2.69 bits per heavy atom. The maximum Gasteiger partial charge on any atom is 0.336 e. The van der Waals surface area contributed by atoms with E-state index in [1.54, 1.807) is 13.0 Å². The fourth-order valence-electron chi connectivity index (χ4n) is 0.984. The van der Waals surface area contributed by atoms with Gasteiger partial charge in [-0.15, -0.1) is 0 Å². The molecule has 70 valence electrons. The van der Waals surface area contributed by atoms with Gasteiger partial charge in [-0.25, -0.2) is 4.79 Å². The minimum absolute atomic E-state index is 0.238. The molecule has 5 heteroatoms. The van der Waals surface area contributed by atoms with Crippen LogP contribution in [0, 0.1) is 6.92 Å². The zero-order chi connectivity index (χ0) is 10.0. The Morgan fingerprint density at radius 2 is 2.23 bits per heavy atom. The van der Waals surface area contributed by atoms with Gasteiger partial charge in [-0.05, 0) is 24.6 Å². The van der Waals surface area contributed by atoms with E-state index in [2.05, 4.69) is 21.4 Å². The fourth-order valence-corrected chi connectivity index (χ4v) is 1.44. The second-order valence-corrected chi connectivity index (χ2v) is 3.43. The molecule has 13 heavy (non-hydrogen) atoms. The smallest absolute Gasteiger partial charge is 0.336 e. The molecule has 0 unspecified atom stereocenters. The largest absolute Gasteiger partial charge is 0.478 e. The molecule has 1 aromatic rings. The van der Waals surface area contributed by atoms with Crippen LogP contribution in [-0.4, -0.2) is 11.1 Å². The number of anilines is 1. The van der Waals surface area contributed by atoms with Gasteiger partial charge in [0.1, 0.15) is 0 Å². The van der Waals surface area contributed by atoms with Crippen LogP contribution in [-0.2, 0) is 0 Å². The molecule has 0 aliphatic heterocycles. The van der Waals surface area contributed by atoms with Crippen molar-refractivity contribution in [2.75, 3.05) is 5.43 Å². The van der Waals surface area contributed by atoms with E-state index in [4.69, 9.17) is 10.9 Å². The Morgan fingerprint density at radius 1 is 1.62 bits per heavy atom. The molecule has 4 N–H and O–H groups in total. The van der Waals surface area contributed by atoms with E-state index in [1.807, 2.05) is 0 Å². The Balaban J connectivity index is 3.33. The van der Waals surface area contributed by atoms with Gasteiger partial charge in [0.2, 0.25) is 0 Å². The molecule has 0 heterocycles. The molecule has 0 saturated heterocycles. The summed E-state index contributed by atoms with van der Waals surface area (Å²) in [6, 6.07) is 3.21. The Bertz CT molecular complexity index is 352. The average molecular weight is 245 g/mol. The van der Waals surface area contributed by atoms with Crippen molar-refractivity contribution in [2.45, 2.75) is 6.92 Å². The first-order valence-corrected chi connectivity index (χ1v) is 4.35. The summed E-state index contributed by atoms with van der Waals surface area (Å²) in [5, 5.41) is 8.82. The van der Waals surface area contributed by atoms with Crippen LogP contribution in [0.5, 0.6) is 0 Å². The van der Waals surface area contributed by atoms with Gasteiger partial charge < -0.3 is 10.5 Å². The third-order valence-electron chi connectivity index (χ3n) is 1.74. The first-order chi connectivity index (χ1) is 6.06. The minimum Gasteiger partial charge on any atom is -0.478 e. The summed E-state index contributed by atoms with van der Waals surface area (Å²) in [6.07, 6.45) is 0. The van der Waals surface area contributed by atoms with Crippen molar-refractivity contribution in [1.29, 1.82) is 0 Å². The highest BCUT2D eigenvalue weighted by atomic mass is 79.9. The van der Waals surface area contributed by atoms with Crippen LogP contribution in [0.15, 0.2) is 16.6 Å². The van der Waals surface area contributed by atoms with E-state index in [1.165, 1.54) is 6.07 Å². The predicted octanol–water partition coefficient (Wildman–Crippen LogP) is 1.74. The first kappa shape index (κ1) is 10.0. The average Bonchev–Trinajstić information content (AvgIpc) is 2.09. The lowest BCUT2D eigenvalue weighted by molar-refractivity contribution is 0.0696. The number of halogens is 1. The minimum atomic E-state index is -0.963. The molecule has 0 fully saturated rings. The van der Waals surface area contributed by atoms with Crippen molar-refractivity contribution in [1.82, 2.24) is 0 Å². The number of rotatable bonds is 2. The number of hydrazine groups is 1. The topological polar surface area (TPSA) is 75.3 Å². The zero-order valence-electron chi connectivity index (χ0n) is 6.97. The molecule has 4 nitrogen and oxygen atoms in total. The lowest BCUT2D eigenvalue weighted by Gasteiger charge is -2.07. The molecule has 1 aromatic carbocycles. The Hall–Kier alpha value is -1.07. The van der Waals surface area contributed by atoms with Crippen molar-refractivity contribution in [2.24, 2.45) is 5.84 Å². The highest BCUT2D eigenvalue weighted by Crippen LogP contribution is 2.24. The third kappa shape index (κ3) is 1.99. The van der Waals surface area contributed by atoms with Gasteiger partial charge in [0, 0.05) is 4.47 Å². The number of hydrogen-bond donors (Lipinski definition) is 3. The SMILES string of the molecule is Cc1c(Br)cc(NN)cc1C(=O)O. The van der Waals surface area contributed by atoms with Crippen LogP contribution in [0.1, 0.15) is 15.9 Å². The first-order valence-electron chi connectivity index (χ1n) is 3.56. The zero-order valence-corrected chi connectivity index (χ0v) is 8.55. The Kier molecular flexibility index (Phi) is 2.90. The van der Waals surface area contributed by atoms with Gasteiger partial charge in [0.25, 0.3) is 0 Å². The van der Waals surface area contributed by atoms with Gasteiger partial charge >= 0.3 is 5.97 Å². The molecule has 0 bridgehead atoms. The van der Waals surface area contributed by atoms with Gasteiger partial charge in [-0.3, -0.25) is 5.84 Å². The molecule has 0 atom stereocenters. The normalized spacial score (nSPS) is 9.77. The standard InChI is InChI=1S/C8H9BrN2O2/c1-4-6(8(12)13)2-5(11-10)3-7(4)9/h2-3,11H,10H2,1H3,(H,12,13). The summed E-state index contributed by atoms with van der Waals surface area (Å²) in [6.45, 7) is 1.73. The molecular weight excluding hydrogens is 236 g/mol. The number of nitrogen functional groups attached to an aromatic ring is 1. The van der Waals surface area contributed by atoms with Gasteiger partial charge in [-0.1, -0.05) is 15.9 Å². The highest BCUT2D eigenvalue weighted by molar-refractivity contribution is 9.10. The summed E-state index contributed by atoms with van der Waals surface area (Å²) in [7, 11) is 0. The van der Waals surface area contributed by atoms with Crippen LogP contribution in [0.2, 0.25) is 0 Å². The van der Waals surface area contributed by atoms with Gasteiger partial charge in [0.05, 0.1) is 11.3 Å². The summed E-state index contributed by atoms with van der Waals surface area (Å²) >= 11 is 3.25. The molecule has 0 aliphatic rings. The van der Waals surface area contributed by atoms with Crippen molar-refractivity contribution >= 4 is 27.6 Å². The number of benzene rings is 1. The van der Waals surface area contributed by atoms with E-state index in [0.29, 0.717) is 11.3 Å². The van der Waals surface area contributed by atoms with E-state index < -0.39 is 5.97 Å². The number of nitrogens with two attached hydrogens (primary N) is 1.